The number of unbranched alkanes of at least 4 members (excludes halogenated alkanes) is 7. The summed E-state index contributed by atoms with van der Waals surface area (Å²) in [6.45, 7) is 6.55. The minimum Gasteiger partial charge on any atom is -0.487 e. The van der Waals surface area contributed by atoms with Gasteiger partial charge < -0.3 is 14.0 Å². The molecule has 0 aromatic heterocycles. The SMILES string of the molecule is CCCCCCCCCCc1ccccc1OC(CC)COC(=O)CCC[N+](C)(C)Cc1ccccc1. The number of para-hydroxylation sites is 1. The molecule has 37 heavy (non-hydrogen) atoms. The summed E-state index contributed by atoms with van der Waals surface area (Å²) in [5.41, 5.74) is 2.58. The Morgan fingerprint density at radius 2 is 1.46 bits per heavy atom. The molecule has 0 amide bonds. The van der Waals surface area contributed by atoms with Crippen molar-refractivity contribution in [2.24, 2.45) is 0 Å². The van der Waals surface area contributed by atoms with Crippen LogP contribution in [-0.4, -0.2) is 43.8 Å². The van der Waals surface area contributed by atoms with Crippen LogP contribution >= 0.6 is 0 Å². The number of aryl methyl sites for hydroxylation is 1. The van der Waals surface area contributed by atoms with Gasteiger partial charge in [-0.3, -0.25) is 4.79 Å². The second-order valence-corrected chi connectivity index (χ2v) is 11.1. The van der Waals surface area contributed by atoms with Gasteiger partial charge in [-0.2, -0.15) is 0 Å². The van der Waals surface area contributed by atoms with Gasteiger partial charge in [-0.1, -0.05) is 107 Å². The number of hydrogen-bond acceptors (Lipinski definition) is 3. The molecule has 2 rings (SSSR count). The number of carbonyl (C=O) groups excluding carboxylic acids is 1. The van der Waals surface area contributed by atoms with E-state index in [0.717, 1.165) is 42.6 Å². The van der Waals surface area contributed by atoms with Crippen molar-refractivity contribution in [2.75, 3.05) is 27.2 Å². The van der Waals surface area contributed by atoms with Crippen molar-refractivity contribution in [1.29, 1.82) is 0 Å². The first-order valence-corrected chi connectivity index (χ1v) is 14.7. The van der Waals surface area contributed by atoms with Crippen LogP contribution in [0.2, 0.25) is 0 Å². The predicted molar refractivity (Wildman–Crippen MR) is 155 cm³/mol. The third kappa shape index (κ3) is 13.7. The quantitative estimate of drug-likeness (QED) is 0.102. The minimum absolute atomic E-state index is 0.117. The summed E-state index contributed by atoms with van der Waals surface area (Å²) in [5.74, 6) is 0.808. The Morgan fingerprint density at radius 1 is 0.811 bits per heavy atom. The number of quaternary nitrogens is 1. The zero-order chi connectivity index (χ0) is 26.8. The van der Waals surface area contributed by atoms with Crippen LogP contribution in [0.5, 0.6) is 5.75 Å². The van der Waals surface area contributed by atoms with Gasteiger partial charge in [0.15, 0.2) is 0 Å². The normalized spacial score (nSPS) is 12.3. The maximum absolute atomic E-state index is 12.4. The van der Waals surface area contributed by atoms with Gasteiger partial charge in [-0.05, 0) is 30.9 Å². The zero-order valence-corrected chi connectivity index (χ0v) is 24.1. The second kappa shape index (κ2) is 18.0. The highest BCUT2D eigenvalue weighted by Gasteiger charge is 2.18. The van der Waals surface area contributed by atoms with Crippen LogP contribution in [-0.2, 0) is 22.5 Å². The van der Waals surface area contributed by atoms with Crippen molar-refractivity contribution < 1.29 is 18.8 Å². The van der Waals surface area contributed by atoms with Crippen LogP contribution in [0.1, 0.15) is 95.6 Å². The Bertz CT molecular complexity index is 865. The summed E-state index contributed by atoms with van der Waals surface area (Å²) in [6, 6.07) is 18.9. The van der Waals surface area contributed by atoms with E-state index in [9.17, 15) is 4.79 Å². The van der Waals surface area contributed by atoms with E-state index in [-0.39, 0.29) is 12.1 Å². The molecule has 0 fully saturated rings. The Hall–Kier alpha value is -2.33. The van der Waals surface area contributed by atoms with Crippen LogP contribution in [0, 0.1) is 0 Å². The molecular formula is C33H52NO3+. The lowest BCUT2D eigenvalue weighted by atomic mass is 10.0. The van der Waals surface area contributed by atoms with Crippen molar-refractivity contribution in [3.8, 4) is 5.75 Å². The molecule has 0 spiro atoms. The first-order chi connectivity index (χ1) is 17.9. The van der Waals surface area contributed by atoms with Gasteiger partial charge in [0, 0.05) is 12.0 Å². The van der Waals surface area contributed by atoms with E-state index in [1.54, 1.807) is 0 Å². The van der Waals surface area contributed by atoms with E-state index in [4.69, 9.17) is 9.47 Å². The third-order valence-corrected chi connectivity index (χ3v) is 7.05. The van der Waals surface area contributed by atoms with Crippen LogP contribution in [0.4, 0.5) is 0 Å². The Morgan fingerprint density at radius 3 is 2.16 bits per heavy atom. The van der Waals surface area contributed by atoms with Crippen LogP contribution in [0.3, 0.4) is 0 Å². The standard InChI is InChI=1S/C33H52NO3/c1-5-7-8-9-10-11-12-16-22-30-23-17-18-24-32(30)37-31(6-2)28-36-33(35)25-19-26-34(3,4)27-29-20-14-13-15-21-29/h13-15,17-18,20-21,23-24,31H,5-12,16,19,22,25-28H2,1-4H3/q+1. The number of ether oxygens (including phenoxy) is 2. The van der Waals surface area contributed by atoms with Gasteiger partial charge in [-0.15, -0.1) is 0 Å². The molecular weight excluding hydrogens is 458 g/mol. The monoisotopic (exact) mass is 510 g/mol. The van der Waals surface area contributed by atoms with E-state index in [2.05, 4.69) is 70.4 Å². The topological polar surface area (TPSA) is 35.5 Å². The largest absolute Gasteiger partial charge is 0.487 e. The summed E-state index contributed by atoms with van der Waals surface area (Å²) < 4.78 is 12.8. The molecule has 0 aliphatic rings. The molecule has 4 nitrogen and oxygen atoms in total. The molecule has 0 saturated carbocycles. The summed E-state index contributed by atoms with van der Waals surface area (Å²) in [7, 11) is 4.43. The maximum atomic E-state index is 12.4. The lowest BCUT2D eigenvalue weighted by Gasteiger charge is -2.29. The van der Waals surface area contributed by atoms with Gasteiger partial charge >= 0.3 is 5.97 Å². The molecule has 0 radical (unpaired) electrons. The third-order valence-electron chi connectivity index (χ3n) is 7.05. The summed E-state index contributed by atoms with van der Waals surface area (Å²) in [4.78, 5) is 12.4. The first kappa shape index (κ1) is 30.9. The molecule has 0 N–H and O–H groups in total. The van der Waals surface area contributed by atoms with E-state index in [1.165, 1.54) is 62.5 Å². The Labute approximate surface area is 227 Å². The van der Waals surface area contributed by atoms with Gasteiger partial charge in [0.1, 0.15) is 25.0 Å². The molecule has 0 aliphatic heterocycles. The summed E-state index contributed by atoms with van der Waals surface area (Å²) in [6.07, 6.45) is 13.6. The number of nitrogens with zero attached hydrogens (tertiary/aromatic N) is 1. The molecule has 2 aromatic carbocycles. The minimum atomic E-state index is -0.131. The van der Waals surface area contributed by atoms with Crippen molar-refractivity contribution in [2.45, 2.75) is 104 Å². The molecule has 1 unspecified atom stereocenters. The van der Waals surface area contributed by atoms with Crippen molar-refractivity contribution >= 4 is 5.97 Å². The average molecular weight is 511 g/mol. The van der Waals surface area contributed by atoms with E-state index >= 15 is 0 Å². The molecule has 0 saturated heterocycles. The fourth-order valence-electron chi connectivity index (χ4n) is 4.76. The molecule has 2 aromatic rings. The molecule has 4 heteroatoms. The highest BCUT2D eigenvalue weighted by molar-refractivity contribution is 5.69. The molecule has 0 heterocycles. The highest BCUT2D eigenvalue weighted by atomic mass is 16.6. The van der Waals surface area contributed by atoms with Crippen molar-refractivity contribution in [3.63, 3.8) is 0 Å². The maximum Gasteiger partial charge on any atom is 0.306 e. The highest BCUT2D eigenvalue weighted by Crippen LogP contribution is 2.23. The Balaban J connectivity index is 1.69. The number of hydrogen-bond donors (Lipinski definition) is 0. The van der Waals surface area contributed by atoms with E-state index in [1.807, 2.05) is 12.1 Å². The van der Waals surface area contributed by atoms with Crippen molar-refractivity contribution in [1.82, 2.24) is 0 Å². The number of benzene rings is 2. The van der Waals surface area contributed by atoms with Gasteiger partial charge in [0.05, 0.1) is 27.1 Å². The molecule has 206 valence electrons. The predicted octanol–water partition coefficient (Wildman–Crippen LogP) is 8.13. The van der Waals surface area contributed by atoms with Crippen LogP contribution in [0.15, 0.2) is 54.6 Å². The Kier molecular flexibility index (Phi) is 15.0. The molecule has 0 aliphatic carbocycles. The van der Waals surface area contributed by atoms with Gasteiger partial charge in [-0.25, -0.2) is 0 Å². The van der Waals surface area contributed by atoms with Crippen LogP contribution in [0.25, 0.3) is 0 Å². The van der Waals surface area contributed by atoms with E-state index in [0.29, 0.717) is 13.0 Å². The van der Waals surface area contributed by atoms with Gasteiger partial charge in [0.2, 0.25) is 0 Å². The van der Waals surface area contributed by atoms with Crippen molar-refractivity contribution in [3.05, 3.63) is 65.7 Å². The van der Waals surface area contributed by atoms with Gasteiger partial charge in [0.25, 0.3) is 0 Å². The summed E-state index contributed by atoms with van der Waals surface area (Å²) in [5, 5.41) is 0. The lowest BCUT2D eigenvalue weighted by Crippen LogP contribution is -2.39. The first-order valence-electron chi connectivity index (χ1n) is 14.7. The molecule has 0 bridgehead atoms. The second-order valence-electron chi connectivity index (χ2n) is 11.1. The smallest absolute Gasteiger partial charge is 0.306 e. The zero-order valence-electron chi connectivity index (χ0n) is 24.1. The van der Waals surface area contributed by atoms with E-state index < -0.39 is 0 Å². The average Bonchev–Trinajstić information content (AvgIpc) is 2.89. The van der Waals surface area contributed by atoms with Crippen LogP contribution < -0.4 is 4.74 Å². The summed E-state index contributed by atoms with van der Waals surface area (Å²) >= 11 is 0. The molecule has 1 atom stereocenters. The lowest BCUT2D eigenvalue weighted by molar-refractivity contribution is -0.903. The number of rotatable bonds is 20. The fourth-order valence-corrected chi connectivity index (χ4v) is 4.76. The fraction of sp³-hybridized carbons (Fsp3) is 0.606. The number of esters is 1. The number of carbonyl (C=O) groups is 1.